The van der Waals surface area contributed by atoms with E-state index in [1.165, 1.54) is 37.0 Å². The van der Waals surface area contributed by atoms with Crippen LogP contribution in [0.25, 0.3) is 11.3 Å². The molecule has 1 aliphatic rings. The van der Waals surface area contributed by atoms with Crippen molar-refractivity contribution in [1.29, 1.82) is 0 Å². The zero-order valence-electron chi connectivity index (χ0n) is 17.7. The number of rotatable bonds is 4. The number of halogens is 1. The van der Waals surface area contributed by atoms with E-state index in [-0.39, 0.29) is 5.97 Å². The maximum atomic E-state index is 11.6. The second-order valence-electron chi connectivity index (χ2n) is 7.38. The minimum atomic E-state index is -0.833. The highest BCUT2D eigenvalue weighted by atomic mass is 35.5. The monoisotopic (exact) mass is 441 g/mol. The van der Waals surface area contributed by atoms with E-state index in [4.69, 9.17) is 26.2 Å². The van der Waals surface area contributed by atoms with Crippen molar-refractivity contribution >= 4 is 23.5 Å². The molecular weight excluding hydrogens is 416 g/mol. The van der Waals surface area contributed by atoms with Crippen molar-refractivity contribution < 1.29 is 24.0 Å². The van der Waals surface area contributed by atoms with Crippen LogP contribution in [0.2, 0.25) is 5.02 Å². The molecule has 2 aromatic carbocycles. The summed E-state index contributed by atoms with van der Waals surface area (Å²) in [5.74, 6) is 0.212. The lowest BCUT2D eigenvalue weighted by Crippen LogP contribution is -2.38. The fraction of sp³-hybridized carbons (Fsp3) is 0.292. The quantitative estimate of drug-likeness (QED) is 0.482. The summed E-state index contributed by atoms with van der Waals surface area (Å²) >= 11 is 6.06. The van der Waals surface area contributed by atoms with Crippen LogP contribution in [0.15, 0.2) is 54.7 Å². The van der Waals surface area contributed by atoms with Crippen LogP contribution in [0.5, 0.6) is 0 Å². The zero-order valence-corrected chi connectivity index (χ0v) is 18.4. The lowest BCUT2D eigenvalue weighted by molar-refractivity contribution is -0.695. The topological polar surface area (TPSA) is 72.4 Å². The third-order valence-electron chi connectivity index (χ3n) is 5.11. The minimum Gasteiger partial charge on any atom is -0.481 e. The third kappa shape index (κ3) is 5.73. The van der Waals surface area contributed by atoms with Crippen LogP contribution in [-0.4, -0.2) is 28.7 Å². The van der Waals surface area contributed by atoms with Gasteiger partial charge in [-0.1, -0.05) is 23.7 Å². The van der Waals surface area contributed by atoms with Crippen LogP contribution in [0.1, 0.15) is 41.5 Å². The number of imidazole rings is 1. The summed E-state index contributed by atoms with van der Waals surface area (Å²) in [4.78, 5) is 20.6. The van der Waals surface area contributed by atoms with E-state index in [1.807, 2.05) is 36.4 Å². The van der Waals surface area contributed by atoms with Crippen molar-refractivity contribution in [3.63, 3.8) is 0 Å². The standard InChI is InChI=1S/C22H22ClN2O2.C2H4O2/c1-27-22(26)18-7-5-16(6-8-18)14-24-15-20(17-9-11-19(23)12-10-17)25-13-3-2-4-21(24)25;1-2(3)4/h5-12,15H,2-4,13-14H2,1H3;1H3,(H,3,4)/q+1;. The Morgan fingerprint density at radius 2 is 1.74 bits per heavy atom. The molecule has 3 aromatic rings. The number of nitrogens with zero attached hydrogens (tertiary/aromatic N) is 2. The lowest BCUT2D eigenvalue weighted by atomic mass is 10.1. The number of carbonyl (C=O) groups excluding carboxylic acids is 1. The highest BCUT2D eigenvalue weighted by Gasteiger charge is 2.26. The number of ether oxygens (including phenoxy) is 1. The molecular formula is C24H26ClN2O4+. The number of hydrogen-bond acceptors (Lipinski definition) is 3. The van der Waals surface area contributed by atoms with Gasteiger partial charge in [0.15, 0.2) is 5.69 Å². The number of hydrogen-bond donors (Lipinski definition) is 1. The lowest BCUT2D eigenvalue weighted by Gasteiger charge is -2.11. The van der Waals surface area contributed by atoms with Gasteiger partial charge in [0.2, 0.25) is 0 Å². The van der Waals surface area contributed by atoms with Crippen molar-refractivity contribution in [3.05, 3.63) is 76.7 Å². The molecule has 0 fully saturated rings. The van der Waals surface area contributed by atoms with Crippen LogP contribution in [-0.2, 0) is 29.0 Å². The average molecular weight is 442 g/mol. The predicted octanol–water partition coefficient (Wildman–Crippen LogP) is 4.36. The Balaban J connectivity index is 0.000000628. The van der Waals surface area contributed by atoms with E-state index in [2.05, 4.69) is 27.5 Å². The molecule has 0 bridgehead atoms. The number of carbonyl (C=O) groups is 2. The summed E-state index contributed by atoms with van der Waals surface area (Å²) in [7, 11) is 1.40. The van der Waals surface area contributed by atoms with Gasteiger partial charge in [0.25, 0.3) is 11.8 Å². The number of aliphatic carboxylic acids is 1. The fourth-order valence-electron chi connectivity index (χ4n) is 3.72. The molecule has 31 heavy (non-hydrogen) atoms. The van der Waals surface area contributed by atoms with Gasteiger partial charge in [0.1, 0.15) is 12.7 Å². The molecule has 2 heterocycles. The summed E-state index contributed by atoms with van der Waals surface area (Å²) in [5.41, 5.74) is 4.15. The summed E-state index contributed by atoms with van der Waals surface area (Å²) in [6.45, 7) is 2.91. The Labute approximate surface area is 186 Å². The number of fused-ring (bicyclic) bond motifs is 1. The molecule has 162 valence electrons. The maximum absolute atomic E-state index is 11.6. The minimum absolute atomic E-state index is 0.305. The van der Waals surface area contributed by atoms with Crippen molar-refractivity contribution in [2.45, 2.75) is 39.3 Å². The molecule has 0 saturated heterocycles. The number of carboxylic acid groups (broad SMARTS) is 1. The smallest absolute Gasteiger partial charge is 0.337 e. The first-order valence-electron chi connectivity index (χ1n) is 10.1. The maximum Gasteiger partial charge on any atom is 0.337 e. The number of methoxy groups -OCH3 is 1. The highest BCUT2D eigenvalue weighted by Crippen LogP contribution is 2.25. The number of aromatic nitrogens is 2. The summed E-state index contributed by atoms with van der Waals surface area (Å²) in [5, 5.41) is 8.17. The van der Waals surface area contributed by atoms with Gasteiger partial charge < -0.3 is 9.84 Å². The van der Waals surface area contributed by atoms with Gasteiger partial charge in [-0.25, -0.2) is 13.9 Å². The second-order valence-corrected chi connectivity index (χ2v) is 7.82. The number of esters is 1. The fourth-order valence-corrected chi connectivity index (χ4v) is 3.84. The largest absolute Gasteiger partial charge is 0.481 e. The van der Waals surface area contributed by atoms with Crippen LogP contribution < -0.4 is 4.57 Å². The van der Waals surface area contributed by atoms with Gasteiger partial charge in [-0.2, -0.15) is 0 Å². The SMILES string of the molecule is CC(=O)O.COC(=O)c1ccc(C[n+]2cc(-c3ccc(Cl)cc3)n3c2CCCC3)cc1. The third-order valence-corrected chi connectivity index (χ3v) is 5.36. The average Bonchev–Trinajstić information content (AvgIpc) is 3.12. The summed E-state index contributed by atoms with van der Waals surface area (Å²) in [6, 6.07) is 15.7. The van der Waals surface area contributed by atoms with Gasteiger partial charge in [0, 0.05) is 23.9 Å². The Kier molecular flexibility index (Phi) is 7.47. The van der Waals surface area contributed by atoms with Gasteiger partial charge in [0.05, 0.1) is 19.2 Å². The molecule has 0 radical (unpaired) electrons. The van der Waals surface area contributed by atoms with Gasteiger partial charge in [-0.3, -0.25) is 4.79 Å². The van der Waals surface area contributed by atoms with Crippen molar-refractivity contribution in [3.8, 4) is 11.3 Å². The van der Waals surface area contributed by atoms with E-state index < -0.39 is 5.97 Å². The van der Waals surface area contributed by atoms with Crippen LogP contribution >= 0.6 is 11.6 Å². The first-order valence-corrected chi connectivity index (χ1v) is 10.5. The molecule has 0 aliphatic carbocycles. The molecule has 1 N–H and O–H groups in total. The molecule has 6 nitrogen and oxygen atoms in total. The van der Waals surface area contributed by atoms with Crippen LogP contribution in [0.3, 0.4) is 0 Å². The first kappa shape index (κ1) is 22.6. The van der Waals surface area contributed by atoms with Gasteiger partial charge >= 0.3 is 5.97 Å². The van der Waals surface area contributed by atoms with Crippen LogP contribution in [0, 0.1) is 0 Å². The molecule has 4 rings (SSSR count). The van der Waals surface area contributed by atoms with Crippen molar-refractivity contribution in [1.82, 2.24) is 4.57 Å². The van der Waals surface area contributed by atoms with E-state index in [1.54, 1.807) is 0 Å². The number of benzene rings is 2. The Morgan fingerprint density at radius 3 is 2.35 bits per heavy atom. The normalized spacial score (nSPS) is 12.4. The number of carboxylic acids is 1. The van der Waals surface area contributed by atoms with Gasteiger partial charge in [-0.05, 0) is 54.8 Å². The van der Waals surface area contributed by atoms with Gasteiger partial charge in [-0.15, -0.1) is 0 Å². The van der Waals surface area contributed by atoms with E-state index in [9.17, 15) is 4.79 Å². The molecule has 1 aliphatic heterocycles. The second kappa shape index (κ2) is 10.3. The highest BCUT2D eigenvalue weighted by molar-refractivity contribution is 6.30. The molecule has 0 amide bonds. The van der Waals surface area contributed by atoms with Crippen LogP contribution in [0.4, 0.5) is 0 Å². The molecule has 0 unspecified atom stereocenters. The Morgan fingerprint density at radius 1 is 1.10 bits per heavy atom. The molecule has 7 heteroatoms. The zero-order chi connectivity index (χ0) is 22.4. The first-order chi connectivity index (χ1) is 14.9. The Bertz CT molecular complexity index is 1050. The molecule has 0 spiro atoms. The molecule has 0 saturated carbocycles. The van der Waals surface area contributed by atoms with Crippen molar-refractivity contribution in [2.75, 3.05) is 7.11 Å². The summed E-state index contributed by atoms with van der Waals surface area (Å²) in [6.07, 6.45) is 5.73. The van der Waals surface area contributed by atoms with Crippen molar-refractivity contribution in [2.24, 2.45) is 0 Å². The molecule has 1 aromatic heterocycles. The van der Waals surface area contributed by atoms with E-state index in [0.717, 1.165) is 37.0 Å². The molecule has 0 atom stereocenters. The predicted molar refractivity (Wildman–Crippen MR) is 118 cm³/mol. The van der Waals surface area contributed by atoms with E-state index in [0.29, 0.717) is 5.56 Å². The Hall–Kier alpha value is -3.12. The summed E-state index contributed by atoms with van der Waals surface area (Å²) < 4.78 is 9.53. The van der Waals surface area contributed by atoms with E-state index >= 15 is 0 Å².